The van der Waals surface area contributed by atoms with Gasteiger partial charge in [0.25, 0.3) is 5.70 Å². The Morgan fingerprint density at radius 1 is 1.54 bits per heavy atom. The summed E-state index contributed by atoms with van der Waals surface area (Å²) in [6, 6.07) is 0. The maximum atomic E-state index is 10.9. The number of aliphatic carboxylic acids is 1. The van der Waals surface area contributed by atoms with Gasteiger partial charge in [0.15, 0.2) is 5.78 Å². The average Bonchev–Trinajstić information content (AvgIpc) is 2.04. The lowest BCUT2D eigenvalue weighted by molar-refractivity contribution is -0.419. The molecule has 0 aromatic heterocycles. The summed E-state index contributed by atoms with van der Waals surface area (Å²) in [5, 5.41) is 18.7. The lowest BCUT2D eigenvalue weighted by Crippen LogP contribution is -2.23. The van der Waals surface area contributed by atoms with Gasteiger partial charge in [0.1, 0.15) is 5.92 Å². The van der Waals surface area contributed by atoms with Crippen LogP contribution in [0.15, 0.2) is 23.9 Å². The van der Waals surface area contributed by atoms with Crippen LogP contribution in [0.25, 0.3) is 0 Å². The highest BCUT2D eigenvalue weighted by molar-refractivity contribution is 6.07. The van der Waals surface area contributed by atoms with Crippen LogP contribution in [-0.2, 0) is 9.59 Å². The minimum Gasteiger partial charge on any atom is -0.480 e. The van der Waals surface area contributed by atoms with Gasteiger partial charge in [-0.2, -0.15) is 0 Å². The molecule has 1 N–H and O–H groups in total. The number of hydrogen-bond donors (Lipinski definition) is 1. The van der Waals surface area contributed by atoms with E-state index in [9.17, 15) is 19.7 Å². The number of carboxylic acid groups (broad SMARTS) is 1. The molecule has 1 atom stereocenters. The van der Waals surface area contributed by atoms with E-state index in [-0.39, 0.29) is 5.70 Å². The second-order valence-electron chi connectivity index (χ2n) is 2.40. The monoisotopic (exact) mass is 183 g/mol. The van der Waals surface area contributed by atoms with Gasteiger partial charge in [0, 0.05) is 12.2 Å². The Morgan fingerprint density at radius 2 is 2.15 bits per heavy atom. The lowest BCUT2D eigenvalue weighted by atomic mass is 9.98. The number of nitrogens with zero attached hydrogens (tertiary/aromatic N) is 1. The molecule has 0 saturated heterocycles. The highest BCUT2D eigenvalue weighted by Crippen LogP contribution is 2.14. The molecule has 0 saturated carbocycles. The van der Waals surface area contributed by atoms with Gasteiger partial charge in [-0.3, -0.25) is 19.7 Å². The van der Waals surface area contributed by atoms with Crippen molar-refractivity contribution < 1.29 is 19.6 Å². The van der Waals surface area contributed by atoms with Gasteiger partial charge in [-0.25, -0.2) is 0 Å². The Kier molecular flexibility index (Phi) is 2.23. The molecule has 0 aliphatic heterocycles. The van der Waals surface area contributed by atoms with E-state index in [2.05, 4.69) is 0 Å². The molecule has 1 aliphatic rings. The number of ketones is 1. The second-order valence-corrected chi connectivity index (χ2v) is 2.40. The molecule has 6 nitrogen and oxygen atoms in total. The predicted molar refractivity (Wildman–Crippen MR) is 40.4 cm³/mol. The Bertz CT molecular complexity index is 341. The van der Waals surface area contributed by atoms with Crippen LogP contribution in [0.5, 0.6) is 0 Å². The molecular weight excluding hydrogens is 178 g/mol. The molecule has 0 spiro atoms. The fourth-order valence-corrected chi connectivity index (χ4v) is 0.894. The fraction of sp³-hybridized carbons (Fsp3) is 0.143. The van der Waals surface area contributed by atoms with Crippen molar-refractivity contribution in [2.24, 2.45) is 5.92 Å². The third-order valence-corrected chi connectivity index (χ3v) is 1.54. The van der Waals surface area contributed by atoms with Gasteiger partial charge >= 0.3 is 5.97 Å². The zero-order chi connectivity index (χ0) is 10.0. The van der Waals surface area contributed by atoms with E-state index in [4.69, 9.17) is 5.11 Å². The average molecular weight is 183 g/mol. The summed E-state index contributed by atoms with van der Waals surface area (Å²) >= 11 is 0. The van der Waals surface area contributed by atoms with Gasteiger partial charge < -0.3 is 5.11 Å². The van der Waals surface area contributed by atoms with E-state index in [1.54, 1.807) is 0 Å². The van der Waals surface area contributed by atoms with E-state index in [1.807, 2.05) is 0 Å². The fourth-order valence-electron chi connectivity index (χ4n) is 0.894. The molecule has 0 radical (unpaired) electrons. The van der Waals surface area contributed by atoms with E-state index in [1.165, 1.54) is 0 Å². The standard InChI is InChI=1S/C7H5NO5/c9-6-2-1-4(8(12)13)3-5(6)7(10)11/h1-3,5H,(H,10,11). The van der Waals surface area contributed by atoms with Crippen LogP contribution < -0.4 is 0 Å². The summed E-state index contributed by atoms with van der Waals surface area (Å²) in [6.45, 7) is 0. The van der Waals surface area contributed by atoms with Crippen molar-refractivity contribution in [2.75, 3.05) is 0 Å². The highest BCUT2D eigenvalue weighted by atomic mass is 16.6. The first-order valence-electron chi connectivity index (χ1n) is 3.33. The number of nitro groups is 1. The minimum atomic E-state index is -1.43. The Labute approximate surface area is 72.3 Å². The van der Waals surface area contributed by atoms with E-state index < -0.39 is 22.6 Å². The number of carboxylic acids is 1. The minimum absolute atomic E-state index is 0.369. The van der Waals surface area contributed by atoms with Crippen molar-refractivity contribution in [3.8, 4) is 0 Å². The van der Waals surface area contributed by atoms with Crippen LogP contribution in [0.2, 0.25) is 0 Å². The van der Waals surface area contributed by atoms with E-state index in [0.29, 0.717) is 0 Å². The summed E-state index contributed by atoms with van der Waals surface area (Å²) in [4.78, 5) is 30.8. The van der Waals surface area contributed by atoms with Crippen molar-refractivity contribution in [1.29, 1.82) is 0 Å². The summed E-state index contributed by atoms with van der Waals surface area (Å²) in [5.41, 5.74) is -0.369. The zero-order valence-corrected chi connectivity index (χ0v) is 6.34. The van der Waals surface area contributed by atoms with E-state index >= 15 is 0 Å². The molecule has 0 bridgehead atoms. The van der Waals surface area contributed by atoms with Crippen molar-refractivity contribution in [3.63, 3.8) is 0 Å². The van der Waals surface area contributed by atoms with Crippen LogP contribution in [0.1, 0.15) is 0 Å². The normalized spacial score (nSPS) is 21.1. The van der Waals surface area contributed by atoms with Gasteiger partial charge in [0.05, 0.1) is 4.92 Å². The van der Waals surface area contributed by atoms with E-state index in [0.717, 1.165) is 18.2 Å². The Hall–Kier alpha value is -1.98. The van der Waals surface area contributed by atoms with Gasteiger partial charge in [0.2, 0.25) is 0 Å². The zero-order valence-electron chi connectivity index (χ0n) is 6.34. The van der Waals surface area contributed by atoms with Crippen LogP contribution in [0.3, 0.4) is 0 Å². The predicted octanol–water partition coefficient (Wildman–Crippen LogP) is -0.0133. The van der Waals surface area contributed by atoms with Crippen molar-refractivity contribution >= 4 is 11.8 Å². The Morgan fingerprint density at radius 3 is 2.62 bits per heavy atom. The molecule has 6 heteroatoms. The molecule has 0 aromatic carbocycles. The molecule has 0 aromatic rings. The molecule has 13 heavy (non-hydrogen) atoms. The molecular formula is C7H5NO5. The number of allylic oxidation sites excluding steroid dienone is 2. The van der Waals surface area contributed by atoms with Crippen molar-refractivity contribution in [2.45, 2.75) is 0 Å². The number of carbonyl (C=O) groups is 2. The van der Waals surface area contributed by atoms with Gasteiger partial charge in [-0.1, -0.05) is 0 Å². The molecule has 0 amide bonds. The second kappa shape index (κ2) is 3.18. The largest absolute Gasteiger partial charge is 0.480 e. The van der Waals surface area contributed by atoms with Crippen LogP contribution in [0, 0.1) is 16.0 Å². The highest BCUT2D eigenvalue weighted by Gasteiger charge is 2.28. The molecule has 0 fully saturated rings. The molecule has 68 valence electrons. The molecule has 1 unspecified atom stereocenters. The smallest absolute Gasteiger partial charge is 0.318 e. The van der Waals surface area contributed by atoms with Crippen molar-refractivity contribution in [1.82, 2.24) is 0 Å². The third kappa shape index (κ3) is 1.78. The van der Waals surface area contributed by atoms with Crippen LogP contribution >= 0.6 is 0 Å². The Balaban J connectivity index is 3.00. The first kappa shape index (κ1) is 9.11. The topological polar surface area (TPSA) is 97.5 Å². The maximum absolute atomic E-state index is 10.9. The summed E-state index contributed by atoms with van der Waals surface area (Å²) < 4.78 is 0. The number of rotatable bonds is 2. The van der Waals surface area contributed by atoms with Gasteiger partial charge in [-0.05, 0) is 6.08 Å². The number of hydrogen-bond acceptors (Lipinski definition) is 4. The first-order chi connectivity index (χ1) is 6.02. The van der Waals surface area contributed by atoms with Crippen molar-refractivity contribution in [3.05, 3.63) is 34.0 Å². The summed E-state index contributed by atoms with van der Waals surface area (Å²) in [7, 11) is 0. The third-order valence-electron chi connectivity index (χ3n) is 1.54. The summed E-state index contributed by atoms with van der Waals surface area (Å²) in [6.07, 6.45) is 2.71. The van der Waals surface area contributed by atoms with Gasteiger partial charge in [-0.15, -0.1) is 0 Å². The molecule has 1 aliphatic carbocycles. The number of carbonyl (C=O) groups excluding carboxylic acids is 1. The maximum Gasteiger partial charge on any atom is 0.318 e. The lowest BCUT2D eigenvalue weighted by Gasteiger charge is -2.05. The quantitative estimate of drug-likeness (QED) is 0.368. The van der Waals surface area contributed by atoms with Crippen LogP contribution in [0.4, 0.5) is 0 Å². The first-order valence-corrected chi connectivity index (χ1v) is 3.33. The molecule has 0 heterocycles. The molecule has 1 rings (SSSR count). The summed E-state index contributed by atoms with van der Waals surface area (Å²) in [5.74, 6) is -3.46. The SMILES string of the molecule is O=C(O)C1C=C([N+](=O)[O-])C=CC1=O. The van der Waals surface area contributed by atoms with Crippen LogP contribution in [-0.4, -0.2) is 21.8 Å².